The van der Waals surface area contributed by atoms with Crippen LogP contribution in [0.2, 0.25) is 0 Å². The van der Waals surface area contributed by atoms with E-state index in [1.54, 1.807) is 0 Å². The summed E-state index contributed by atoms with van der Waals surface area (Å²) in [7, 11) is 0. The largest absolute Gasteiger partial charge is 0.361 e. The van der Waals surface area contributed by atoms with Crippen LogP contribution in [0.5, 0.6) is 0 Å². The fraction of sp³-hybridized carbons (Fsp3) is 0.714. The first-order valence-corrected chi connectivity index (χ1v) is 6.92. The lowest BCUT2D eigenvalue weighted by Crippen LogP contribution is -2.42. The third-order valence-electron chi connectivity index (χ3n) is 4.01. The molecule has 5 heteroatoms. The first-order chi connectivity index (χ1) is 8.91. The molecule has 19 heavy (non-hydrogen) atoms. The van der Waals surface area contributed by atoms with Crippen molar-refractivity contribution in [3.8, 4) is 0 Å². The van der Waals surface area contributed by atoms with Crippen molar-refractivity contribution in [3.63, 3.8) is 0 Å². The molecule has 0 saturated heterocycles. The third kappa shape index (κ3) is 3.15. The number of carbonyl (C=O) groups is 1. The van der Waals surface area contributed by atoms with Crippen molar-refractivity contribution in [1.82, 2.24) is 10.5 Å². The second-order valence-corrected chi connectivity index (χ2v) is 5.77. The van der Waals surface area contributed by atoms with Gasteiger partial charge in [-0.1, -0.05) is 18.0 Å². The molecule has 0 spiro atoms. The van der Waals surface area contributed by atoms with Gasteiger partial charge in [-0.15, -0.1) is 0 Å². The molecule has 0 radical (unpaired) electrons. The van der Waals surface area contributed by atoms with Crippen molar-refractivity contribution in [2.24, 2.45) is 5.73 Å². The van der Waals surface area contributed by atoms with E-state index in [4.69, 9.17) is 10.3 Å². The molecule has 0 aromatic carbocycles. The van der Waals surface area contributed by atoms with Gasteiger partial charge in [0.1, 0.15) is 5.76 Å². The Hall–Kier alpha value is -1.36. The summed E-state index contributed by atoms with van der Waals surface area (Å²) in [6, 6.07) is -0.0937. The first-order valence-electron chi connectivity index (χ1n) is 6.92. The van der Waals surface area contributed by atoms with Gasteiger partial charge in [-0.3, -0.25) is 4.79 Å². The molecule has 2 rings (SSSR count). The second kappa shape index (κ2) is 5.33. The second-order valence-electron chi connectivity index (χ2n) is 5.77. The predicted octanol–water partition coefficient (Wildman–Crippen LogP) is 2.13. The van der Waals surface area contributed by atoms with Gasteiger partial charge in [0, 0.05) is 17.5 Å². The fourth-order valence-corrected chi connectivity index (χ4v) is 3.05. The Morgan fingerprint density at radius 3 is 2.63 bits per heavy atom. The van der Waals surface area contributed by atoms with Crippen LogP contribution in [0, 0.1) is 13.8 Å². The SMILES string of the molecule is Cc1noc(C)c1C(C)NC(=O)CC1(N)CCCC1. The maximum absolute atomic E-state index is 12.1. The minimum Gasteiger partial charge on any atom is -0.361 e. The van der Waals surface area contributed by atoms with E-state index in [1.165, 1.54) is 0 Å². The molecule has 1 aromatic rings. The maximum Gasteiger partial charge on any atom is 0.222 e. The number of aryl methyl sites for hydroxylation is 2. The number of rotatable bonds is 4. The Kier molecular flexibility index (Phi) is 3.94. The first kappa shape index (κ1) is 14.1. The predicted molar refractivity (Wildman–Crippen MR) is 72.5 cm³/mol. The molecule has 1 atom stereocenters. The normalized spacial score (nSPS) is 19.4. The zero-order chi connectivity index (χ0) is 14.0. The van der Waals surface area contributed by atoms with E-state index in [1.807, 2.05) is 20.8 Å². The van der Waals surface area contributed by atoms with Crippen LogP contribution >= 0.6 is 0 Å². The van der Waals surface area contributed by atoms with Crippen LogP contribution in [0.4, 0.5) is 0 Å². The number of nitrogens with one attached hydrogen (secondary N) is 1. The Labute approximate surface area is 113 Å². The standard InChI is InChI=1S/C14H23N3O2/c1-9(13-10(2)17-19-11(13)3)16-12(18)8-14(15)6-4-5-7-14/h9H,4-8,15H2,1-3H3,(H,16,18). The quantitative estimate of drug-likeness (QED) is 0.873. The average molecular weight is 265 g/mol. The Morgan fingerprint density at radius 2 is 2.11 bits per heavy atom. The maximum atomic E-state index is 12.1. The highest BCUT2D eigenvalue weighted by Gasteiger charge is 2.32. The van der Waals surface area contributed by atoms with Crippen LogP contribution in [0.3, 0.4) is 0 Å². The summed E-state index contributed by atoms with van der Waals surface area (Å²) in [4.78, 5) is 12.1. The summed E-state index contributed by atoms with van der Waals surface area (Å²) in [6.45, 7) is 5.69. The molecule has 0 bridgehead atoms. The van der Waals surface area contributed by atoms with Gasteiger partial charge in [-0.2, -0.15) is 0 Å². The zero-order valence-electron chi connectivity index (χ0n) is 12.0. The molecule has 1 saturated carbocycles. The van der Waals surface area contributed by atoms with Crippen LogP contribution in [-0.2, 0) is 4.79 Å². The van der Waals surface area contributed by atoms with Crippen molar-refractivity contribution >= 4 is 5.91 Å². The Morgan fingerprint density at radius 1 is 1.47 bits per heavy atom. The number of nitrogens with two attached hydrogens (primary N) is 1. The van der Waals surface area contributed by atoms with Crippen LogP contribution in [0.15, 0.2) is 4.52 Å². The van der Waals surface area contributed by atoms with Gasteiger partial charge in [-0.25, -0.2) is 0 Å². The minimum atomic E-state index is -0.303. The highest BCUT2D eigenvalue weighted by molar-refractivity contribution is 5.77. The van der Waals surface area contributed by atoms with Gasteiger partial charge in [0.25, 0.3) is 0 Å². The monoisotopic (exact) mass is 265 g/mol. The topological polar surface area (TPSA) is 81.2 Å². The number of amides is 1. The average Bonchev–Trinajstić information content (AvgIpc) is 2.85. The molecule has 1 aliphatic rings. The Balaban J connectivity index is 1.95. The smallest absolute Gasteiger partial charge is 0.222 e. The van der Waals surface area contributed by atoms with Crippen molar-refractivity contribution < 1.29 is 9.32 Å². The van der Waals surface area contributed by atoms with Gasteiger partial charge < -0.3 is 15.6 Å². The van der Waals surface area contributed by atoms with Gasteiger partial charge in [0.15, 0.2) is 0 Å². The zero-order valence-corrected chi connectivity index (χ0v) is 12.0. The Bertz CT molecular complexity index is 442. The molecule has 1 unspecified atom stereocenters. The van der Waals surface area contributed by atoms with E-state index in [0.29, 0.717) is 6.42 Å². The van der Waals surface area contributed by atoms with Crippen LogP contribution in [0.1, 0.15) is 62.1 Å². The summed E-state index contributed by atoms with van der Waals surface area (Å²) < 4.78 is 5.13. The summed E-state index contributed by atoms with van der Waals surface area (Å²) >= 11 is 0. The summed E-state index contributed by atoms with van der Waals surface area (Å²) in [5.41, 5.74) is 7.71. The lowest BCUT2D eigenvalue weighted by Gasteiger charge is -2.24. The summed E-state index contributed by atoms with van der Waals surface area (Å²) in [6.07, 6.45) is 4.55. The highest BCUT2D eigenvalue weighted by Crippen LogP contribution is 2.30. The van der Waals surface area contributed by atoms with Crippen molar-refractivity contribution in [2.45, 2.75) is 64.5 Å². The molecular formula is C14H23N3O2. The third-order valence-corrected chi connectivity index (χ3v) is 4.01. The molecule has 5 nitrogen and oxygen atoms in total. The summed E-state index contributed by atoms with van der Waals surface area (Å²) in [5.74, 6) is 0.769. The number of nitrogens with zero attached hydrogens (tertiary/aromatic N) is 1. The van der Waals surface area contributed by atoms with Crippen molar-refractivity contribution in [3.05, 3.63) is 17.0 Å². The van der Waals surface area contributed by atoms with Gasteiger partial charge in [0.05, 0.1) is 11.7 Å². The van der Waals surface area contributed by atoms with Gasteiger partial charge >= 0.3 is 0 Å². The minimum absolute atomic E-state index is 0.0110. The van der Waals surface area contributed by atoms with E-state index in [2.05, 4.69) is 10.5 Å². The molecule has 1 amide bonds. The number of carbonyl (C=O) groups excluding carboxylic acids is 1. The number of hydrogen-bond donors (Lipinski definition) is 2. The van der Waals surface area contributed by atoms with E-state index >= 15 is 0 Å². The van der Waals surface area contributed by atoms with Crippen LogP contribution < -0.4 is 11.1 Å². The fourth-order valence-electron chi connectivity index (χ4n) is 3.05. The molecule has 0 aliphatic heterocycles. The lowest BCUT2D eigenvalue weighted by molar-refractivity contribution is -0.122. The molecule has 1 aromatic heterocycles. The van der Waals surface area contributed by atoms with Gasteiger partial charge in [0.2, 0.25) is 5.91 Å². The van der Waals surface area contributed by atoms with E-state index in [-0.39, 0.29) is 17.5 Å². The highest BCUT2D eigenvalue weighted by atomic mass is 16.5. The number of hydrogen-bond acceptors (Lipinski definition) is 4. The molecule has 1 aliphatic carbocycles. The molecule has 1 fully saturated rings. The van der Waals surface area contributed by atoms with E-state index in [9.17, 15) is 4.79 Å². The van der Waals surface area contributed by atoms with E-state index in [0.717, 1.165) is 42.7 Å². The molecular weight excluding hydrogens is 242 g/mol. The molecule has 3 N–H and O–H groups in total. The van der Waals surface area contributed by atoms with Crippen molar-refractivity contribution in [1.29, 1.82) is 0 Å². The van der Waals surface area contributed by atoms with Crippen LogP contribution in [0.25, 0.3) is 0 Å². The van der Waals surface area contributed by atoms with Gasteiger partial charge in [-0.05, 0) is 33.6 Å². The van der Waals surface area contributed by atoms with Crippen LogP contribution in [-0.4, -0.2) is 16.6 Å². The molecule has 1 heterocycles. The number of aromatic nitrogens is 1. The van der Waals surface area contributed by atoms with Crippen molar-refractivity contribution in [2.75, 3.05) is 0 Å². The molecule has 106 valence electrons. The van der Waals surface area contributed by atoms with E-state index < -0.39 is 0 Å². The summed E-state index contributed by atoms with van der Waals surface area (Å²) in [5, 5.41) is 6.91. The lowest BCUT2D eigenvalue weighted by atomic mass is 9.94.